The molecule has 0 radical (unpaired) electrons. The molecule has 5 nitrogen and oxygen atoms in total. The van der Waals surface area contributed by atoms with Gasteiger partial charge in [0.1, 0.15) is 5.75 Å². The number of hydrogen-bond donors (Lipinski definition) is 0. The number of hydrogen-bond acceptors (Lipinski definition) is 4. The number of Topliss-reactive ketones (excluding diaryl/α,β-unsaturated/α-hetero) is 1. The number of carbonyl (C=O) groups excluding carboxylic acids is 2. The zero-order chi connectivity index (χ0) is 19.0. The first-order chi connectivity index (χ1) is 13.1. The number of ether oxygens (including phenoxy) is 1. The molecule has 0 unspecified atom stereocenters. The van der Waals surface area contributed by atoms with Crippen LogP contribution in [0.2, 0.25) is 0 Å². The summed E-state index contributed by atoms with van der Waals surface area (Å²) in [5.41, 5.74) is 3.53. The molecule has 2 aliphatic rings. The van der Waals surface area contributed by atoms with Crippen molar-refractivity contribution >= 4 is 17.4 Å². The quantitative estimate of drug-likeness (QED) is 0.707. The molecule has 1 saturated carbocycles. The predicted molar refractivity (Wildman–Crippen MR) is 104 cm³/mol. The van der Waals surface area contributed by atoms with E-state index in [0.717, 1.165) is 42.8 Å². The van der Waals surface area contributed by atoms with Crippen LogP contribution in [0, 0.1) is 0 Å². The summed E-state index contributed by atoms with van der Waals surface area (Å²) >= 11 is 0. The Morgan fingerprint density at radius 3 is 2.41 bits per heavy atom. The third-order valence-electron chi connectivity index (χ3n) is 5.38. The maximum absolute atomic E-state index is 12.6. The number of nitrogens with zero attached hydrogens (tertiary/aromatic N) is 2. The van der Waals surface area contributed by atoms with Gasteiger partial charge in [-0.25, -0.2) is 0 Å². The van der Waals surface area contributed by atoms with Gasteiger partial charge in [-0.3, -0.25) is 19.4 Å². The molecule has 0 bridgehead atoms. The lowest BCUT2D eigenvalue weighted by Gasteiger charge is -2.28. The van der Waals surface area contributed by atoms with Crippen molar-refractivity contribution in [2.45, 2.75) is 38.8 Å². The van der Waals surface area contributed by atoms with E-state index < -0.39 is 5.91 Å². The zero-order valence-electron chi connectivity index (χ0n) is 15.8. The van der Waals surface area contributed by atoms with Crippen LogP contribution in [-0.2, 0) is 17.8 Å². The summed E-state index contributed by atoms with van der Waals surface area (Å²) < 4.78 is 5.22. The van der Waals surface area contributed by atoms with Gasteiger partial charge in [0.25, 0.3) is 5.78 Å². The highest BCUT2D eigenvalue weighted by Gasteiger charge is 2.39. The van der Waals surface area contributed by atoms with Crippen molar-refractivity contribution in [3.63, 3.8) is 0 Å². The van der Waals surface area contributed by atoms with Crippen LogP contribution in [-0.4, -0.2) is 36.4 Å². The molecular weight excluding hydrogens is 340 g/mol. The van der Waals surface area contributed by atoms with Gasteiger partial charge in [0.05, 0.1) is 25.0 Å². The van der Waals surface area contributed by atoms with Crippen LogP contribution < -0.4 is 9.64 Å². The molecule has 1 aliphatic heterocycles. The first-order valence-electron chi connectivity index (χ1n) is 9.46. The van der Waals surface area contributed by atoms with E-state index in [2.05, 4.69) is 4.90 Å². The van der Waals surface area contributed by atoms with Gasteiger partial charge in [-0.15, -0.1) is 0 Å². The van der Waals surface area contributed by atoms with Crippen molar-refractivity contribution in [3.05, 3.63) is 59.2 Å². The van der Waals surface area contributed by atoms with Gasteiger partial charge in [-0.1, -0.05) is 25.1 Å². The Kier molecular flexibility index (Phi) is 4.70. The normalized spacial score (nSPS) is 16.2. The van der Waals surface area contributed by atoms with E-state index in [1.807, 2.05) is 49.4 Å². The van der Waals surface area contributed by atoms with Gasteiger partial charge < -0.3 is 4.74 Å². The highest BCUT2D eigenvalue weighted by atomic mass is 16.5. The number of ketones is 1. The van der Waals surface area contributed by atoms with Gasteiger partial charge in [0, 0.05) is 12.6 Å². The smallest absolute Gasteiger partial charge is 0.300 e. The number of fused-ring (bicyclic) bond motifs is 1. The van der Waals surface area contributed by atoms with E-state index >= 15 is 0 Å². The second-order valence-electron chi connectivity index (χ2n) is 7.23. The molecule has 1 amide bonds. The van der Waals surface area contributed by atoms with Crippen molar-refractivity contribution in [2.24, 2.45) is 0 Å². The average molecular weight is 364 g/mol. The van der Waals surface area contributed by atoms with Crippen LogP contribution in [0.4, 0.5) is 5.69 Å². The molecule has 1 fully saturated rings. The molecule has 0 saturated heterocycles. The fraction of sp³-hybridized carbons (Fsp3) is 0.364. The van der Waals surface area contributed by atoms with Gasteiger partial charge in [-0.2, -0.15) is 0 Å². The van der Waals surface area contributed by atoms with E-state index in [1.54, 1.807) is 12.0 Å². The number of rotatable bonds is 7. The third kappa shape index (κ3) is 3.47. The van der Waals surface area contributed by atoms with E-state index in [0.29, 0.717) is 18.3 Å². The molecular formula is C22H24N2O3. The predicted octanol–water partition coefficient (Wildman–Crippen LogP) is 3.41. The summed E-state index contributed by atoms with van der Waals surface area (Å²) in [5.74, 6) is 0.0248. The number of carbonyl (C=O) groups is 2. The van der Waals surface area contributed by atoms with Crippen LogP contribution in [0.25, 0.3) is 0 Å². The number of aryl methyl sites for hydroxylation is 1. The van der Waals surface area contributed by atoms with Crippen LogP contribution in [0.5, 0.6) is 5.75 Å². The number of methoxy groups -OCH3 is 1. The lowest BCUT2D eigenvalue weighted by atomic mass is 10.1. The molecule has 4 rings (SSSR count). The summed E-state index contributed by atoms with van der Waals surface area (Å²) in [6.45, 7) is 3.24. The fourth-order valence-corrected chi connectivity index (χ4v) is 3.59. The standard InChI is InChI=1S/C22H24N2O3/c1-3-15-6-11-20-19(12-15)21(25)22(26)24(20)14-23(17-7-8-17)13-16-4-9-18(27-2)10-5-16/h4-6,9-12,17H,3,7-8,13-14H2,1-2H3. The maximum atomic E-state index is 12.6. The molecule has 1 aliphatic carbocycles. The fourth-order valence-electron chi connectivity index (χ4n) is 3.59. The molecule has 140 valence electrons. The van der Waals surface area contributed by atoms with Gasteiger partial charge in [-0.05, 0) is 54.7 Å². The summed E-state index contributed by atoms with van der Waals surface area (Å²) in [5, 5.41) is 0. The molecule has 2 aromatic carbocycles. The van der Waals surface area contributed by atoms with Gasteiger partial charge in [0.2, 0.25) is 0 Å². The zero-order valence-corrected chi connectivity index (χ0v) is 15.8. The lowest BCUT2D eigenvalue weighted by molar-refractivity contribution is -0.114. The van der Waals surface area contributed by atoms with E-state index in [-0.39, 0.29) is 5.78 Å². The molecule has 0 spiro atoms. The Morgan fingerprint density at radius 1 is 1.07 bits per heavy atom. The Morgan fingerprint density at radius 2 is 1.78 bits per heavy atom. The minimum Gasteiger partial charge on any atom is -0.497 e. The van der Waals surface area contributed by atoms with Crippen LogP contribution in [0.1, 0.15) is 41.3 Å². The lowest BCUT2D eigenvalue weighted by Crippen LogP contribution is -2.41. The molecule has 2 aromatic rings. The first kappa shape index (κ1) is 17.7. The SMILES string of the molecule is CCc1ccc2c(c1)C(=O)C(=O)N2CN(Cc1ccc(OC)cc1)C1CC1. The van der Waals surface area contributed by atoms with Gasteiger partial charge >= 0.3 is 5.91 Å². The molecule has 0 aromatic heterocycles. The summed E-state index contributed by atoms with van der Waals surface area (Å²) in [6, 6.07) is 14.2. The maximum Gasteiger partial charge on any atom is 0.300 e. The largest absolute Gasteiger partial charge is 0.497 e. The monoisotopic (exact) mass is 364 g/mol. The Labute approximate surface area is 159 Å². The van der Waals surface area contributed by atoms with Crippen molar-refractivity contribution < 1.29 is 14.3 Å². The van der Waals surface area contributed by atoms with Crippen LogP contribution in [0.15, 0.2) is 42.5 Å². The van der Waals surface area contributed by atoms with Gasteiger partial charge in [0.15, 0.2) is 0 Å². The minimum atomic E-state index is -0.418. The average Bonchev–Trinajstić information content (AvgIpc) is 3.52. The van der Waals surface area contributed by atoms with Crippen LogP contribution >= 0.6 is 0 Å². The topological polar surface area (TPSA) is 49.9 Å². The number of anilines is 1. The molecule has 1 heterocycles. The number of benzene rings is 2. The van der Waals surface area contributed by atoms with Crippen molar-refractivity contribution in [3.8, 4) is 5.75 Å². The highest BCUT2D eigenvalue weighted by molar-refractivity contribution is 6.52. The van der Waals surface area contributed by atoms with Crippen molar-refractivity contribution in [1.82, 2.24) is 4.90 Å². The van der Waals surface area contributed by atoms with Crippen molar-refractivity contribution in [2.75, 3.05) is 18.7 Å². The summed E-state index contributed by atoms with van der Waals surface area (Å²) in [7, 11) is 1.66. The minimum absolute atomic E-state index is 0.388. The second kappa shape index (κ2) is 7.16. The highest BCUT2D eigenvalue weighted by Crippen LogP contribution is 2.34. The first-order valence-corrected chi connectivity index (χ1v) is 9.46. The second-order valence-corrected chi connectivity index (χ2v) is 7.23. The van der Waals surface area contributed by atoms with Crippen molar-refractivity contribution in [1.29, 1.82) is 0 Å². The number of amides is 1. The van der Waals surface area contributed by atoms with E-state index in [1.165, 1.54) is 5.56 Å². The Hall–Kier alpha value is -2.66. The molecule has 0 atom stereocenters. The summed E-state index contributed by atoms with van der Waals surface area (Å²) in [4.78, 5) is 29.0. The third-order valence-corrected chi connectivity index (χ3v) is 5.38. The molecule has 27 heavy (non-hydrogen) atoms. The van der Waals surface area contributed by atoms with E-state index in [9.17, 15) is 9.59 Å². The van der Waals surface area contributed by atoms with E-state index in [4.69, 9.17) is 4.74 Å². The molecule has 0 N–H and O–H groups in total. The summed E-state index contributed by atoms with van der Waals surface area (Å²) in [6.07, 6.45) is 3.11. The Balaban J connectivity index is 1.55. The Bertz CT molecular complexity index is 872. The van der Waals surface area contributed by atoms with Crippen LogP contribution in [0.3, 0.4) is 0 Å². The molecule has 5 heteroatoms.